The fraction of sp³-hybridized carbons (Fsp3) is 0.143. The third-order valence-corrected chi connectivity index (χ3v) is 2.95. The van der Waals surface area contributed by atoms with Gasteiger partial charge in [-0.25, -0.2) is 9.97 Å². The maximum Gasteiger partial charge on any atom is 0.177 e. The third-order valence-electron chi connectivity index (χ3n) is 2.95. The number of H-pyrrole nitrogens is 1. The number of imidazole rings is 1. The number of pyridine rings is 1. The quantitative estimate of drug-likeness (QED) is 0.735. The largest absolute Gasteiger partial charge is 0.341 e. The lowest BCUT2D eigenvalue weighted by atomic mass is 10.0. The van der Waals surface area contributed by atoms with Crippen LogP contribution in [-0.4, -0.2) is 15.0 Å². The number of hydrogen-bond donors (Lipinski definition) is 2. The number of rotatable bonds is 3. The topological polar surface area (TPSA) is 67.6 Å². The van der Waals surface area contributed by atoms with Crippen LogP contribution in [0.1, 0.15) is 17.4 Å². The Morgan fingerprint density at radius 1 is 1.11 bits per heavy atom. The normalized spacial score (nSPS) is 12.7. The van der Waals surface area contributed by atoms with Crippen LogP contribution >= 0.6 is 0 Å². The summed E-state index contributed by atoms with van der Waals surface area (Å²) in [5, 5.41) is 0. The Morgan fingerprint density at radius 2 is 1.94 bits per heavy atom. The molecule has 0 saturated heterocycles. The van der Waals surface area contributed by atoms with Crippen LogP contribution in [-0.2, 0) is 6.42 Å². The molecule has 0 bridgehead atoms. The predicted molar refractivity (Wildman–Crippen MR) is 71.0 cm³/mol. The molecule has 0 saturated carbocycles. The van der Waals surface area contributed by atoms with Crippen molar-refractivity contribution < 1.29 is 0 Å². The predicted octanol–water partition coefficient (Wildman–Crippen LogP) is 2.20. The second-order valence-electron chi connectivity index (χ2n) is 4.28. The molecule has 3 N–H and O–H groups in total. The molecule has 2 aromatic heterocycles. The molecule has 0 spiro atoms. The number of fused-ring (bicyclic) bond motifs is 1. The minimum atomic E-state index is -0.0493. The van der Waals surface area contributed by atoms with Gasteiger partial charge in [0.15, 0.2) is 5.65 Å². The Kier molecular flexibility index (Phi) is 2.78. The standard InChI is InChI=1S/C14H14N4/c15-11(10-5-2-1-3-6-10)9-13-17-12-7-4-8-16-14(12)18-13/h1-8,11H,9,15H2,(H,16,17,18). The van der Waals surface area contributed by atoms with E-state index in [1.54, 1.807) is 6.20 Å². The second-order valence-corrected chi connectivity index (χ2v) is 4.28. The lowest BCUT2D eigenvalue weighted by Gasteiger charge is -2.09. The van der Waals surface area contributed by atoms with Crippen molar-refractivity contribution >= 4 is 11.2 Å². The summed E-state index contributed by atoms with van der Waals surface area (Å²) in [4.78, 5) is 11.9. The van der Waals surface area contributed by atoms with Crippen LogP contribution in [0.5, 0.6) is 0 Å². The van der Waals surface area contributed by atoms with Crippen molar-refractivity contribution in [1.82, 2.24) is 15.0 Å². The smallest absolute Gasteiger partial charge is 0.177 e. The molecule has 3 rings (SSSR count). The molecule has 18 heavy (non-hydrogen) atoms. The van der Waals surface area contributed by atoms with Crippen molar-refractivity contribution in [3.05, 3.63) is 60.0 Å². The first-order valence-electron chi connectivity index (χ1n) is 5.93. The van der Waals surface area contributed by atoms with E-state index in [0.29, 0.717) is 6.42 Å². The maximum absolute atomic E-state index is 6.17. The molecule has 0 aliphatic heterocycles. The van der Waals surface area contributed by atoms with Crippen LogP contribution in [0.25, 0.3) is 11.2 Å². The van der Waals surface area contributed by atoms with Crippen LogP contribution in [0.4, 0.5) is 0 Å². The number of nitrogens with one attached hydrogen (secondary N) is 1. The summed E-state index contributed by atoms with van der Waals surface area (Å²) >= 11 is 0. The van der Waals surface area contributed by atoms with Gasteiger partial charge in [0.2, 0.25) is 0 Å². The van der Waals surface area contributed by atoms with Gasteiger partial charge < -0.3 is 10.7 Å². The van der Waals surface area contributed by atoms with Crippen molar-refractivity contribution in [1.29, 1.82) is 0 Å². The van der Waals surface area contributed by atoms with Gasteiger partial charge in [0.25, 0.3) is 0 Å². The molecular weight excluding hydrogens is 224 g/mol. The second kappa shape index (κ2) is 4.58. The first-order chi connectivity index (χ1) is 8.83. The van der Waals surface area contributed by atoms with Crippen LogP contribution in [0.2, 0.25) is 0 Å². The fourth-order valence-electron chi connectivity index (χ4n) is 2.02. The molecule has 1 atom stereocenters. The Bertz CT molecular complexity index is 612. The Labute approximate surface area is 105 Å². The van der Waals surface area contributed by atoms with E-state index in [2.05, 4.69) is 15.0 Å². The van der Waals surface area contributed by atoms with Crippen molar-refractivity contribution in [2.45, 2.75) is 12.5 Å². The summed E-state index contributed by atoms with van der Waals surface area (Å²) in [7, 11) is 0. The van der Waals surface area contributed by atoms with Crippen molar-refractivity contribution in [3.8, 4) is 0 Å². The van der Waals surface area contributed by atoms with Gasteiger partial charge in [-0.05, 0) is 17.7 Å². The van der Waals surface area contributed by atoms with E-state index in [9.17, 15) is 0 Å². The molecule has 0 aliphatic rings. The molecule has 0 amide bonds. The van der Waals surface area contributed by atoms with Gasteiger partial charge in [-0.15, -0.1) is 0 Å². The summed E-state index contributed by atoms with van der Waals surface area (Å²) in [5.74, 6) is 0.875. The molecule has 4 heteroatoms. The molecule has 0 fully saturated rings. The summed E-state index contributed by atoms with van der Waals surface area (Å²) < 4.78 is 0. The monoisotopic (exact) mass is 238 g/mol. The fourth-order valence-corrected chi connectivity index (χ4v) is 2.02. The van der Waals surface area contributed by atoms with E-state index in [1.807, 2.05) is 42.5 Å². The first kappa shape index (κ1) is 10.9. The summed E-state index contributed by atoms with van der Waals surface area (Å²) in [6, 6.07) is 13.9. The summed E-state index contributed by atoms with van der Waals surface area (Å²) in [5.41, 5.74) is 8.98. The first-order valence-corrected chi connectivity index (χ1v) is 5.93. The van der Waals surface area contributed by atoms with Gasteiger partial charge in [0.1, 0.15) is 5.82 Å². The van der Waals surface area contributed by atoms with Crippen molar-refractivity contribution in [3.63, 3.8) is 0 Å². The van der Waals surface area contributed by atoms with Gasteiger partial charge >= 0.3 is 0 Å². The number of nitrogens with two attached hydrogens (primary N) is 1. The molecule has 0 radical (unpaired) electrons. The maximum atomic E-state index is 6.17. The number of aromatic nitrogens is 3. The highest BCUT2D eigenvalue weighted by molar-refractivity contribution is 5.69. The Hall–Kier alpha value is -2.20. The SMILES string of the molecule is NC(Cc1nc2ncccc2[nH]1)c1ccccc1. The van der Waals surface area contributed by atoms with Crippen LogP contribution in [0.15, 0.2) is 48.7 Å². The van der Waals surface area contributed by atoms with Crippen LogP contribution < -0.4 is 5.73 Å². The molecule has 1 aromatic carbocycles. The molecule has 3 aromatic rings. The molecule has 1 unspecified atom stereocenters. The van der Waals surface area contributed by atoms with Gasteiger partial charge in [-0.3, -0.25) is 0 Å². The zero-order valence-corrected chi connectivity index (χ0v) is 9.88. The number of benzene rings is 1. The van der Waals surface area contributed by atoms with Gasteiger partial charge in [-0.2, -0.15) is 0 Å². The number of hydrogen-bond acceptors (Lipinski definition) is 3. The zero-order valence-electron chi connectivity index (χ0n) is 9.88. The number of nitrogens with zero attached hydrogens (tertiary/aromatic N) is 2. The molecule has 90 valence electrons. The molecule has 0 aliphatic carbocycles. The number of aromatic amines is 1. The van der Waals surface area contributed by atoms with Crippen molar-refractivity contribution in [2.75, 3.05) is 0 Å². The average molecular weight is 238 g/mol. The Morgan fingerprint density at radius 3 is 2.72 bits per heavy atom. The average Bonchev–Trinajstić information content (AvgIpc) is 2.82. The highest BCUT2D eigenvalue weighted by atomic mass is 15.0. The van der Waals surface area contributed by atoms with Crippen LogP contribution in [0, 0.1) is 0 Å². The highest BCUT2D eigenvalue weighted by Gasteiger charge is 2.10. The molecule has 2 heterocycles. The van der Waals surface area contributed by atoms with E-state index in [1.165, 1.54) is 0 Å². The minimum Gasteiger partial charge on any atom is -0.341 e. The zero-order chi connectivity index (χ0) is 12.4. The lowest BCUT2D eigenvalue weighted by molar-refractivity contribution is 0.696. The van der Waals surface area contributed by atoms with E-state index >= 15 is 0 Å². The van der Waals surface area contributed by atoms with Crippen molar-refractivity contribution in [2.24, 2.45) is 5.73 Å². The highest BCUT2D eigenvalue weighted by Crippen LogP contribution is 2.16. The summed E-state index contributed by atoms with van der Waals surface area (Å²) in [6.45, 7) is 0. The van der Waals surface area contributed by atoms with Gasteiger partial charge in [0.05, 0.1) is 5.52 Å². The van der Waals surface area contributed by atoms with Gasteiger partial charge in [-0.1, -0.05) is 30.3 Å². The van der Waals surface area contributed by atoms with E-state index in [4.69, 9.17) is 5.73 Å². The van der Waals surface area contributed by atoms with Gasteiger partial charge in [0, 0.05) is 18.7 Å². The Balaban J connectivity index is 1.84. The lowest BCUT2D eigenvalue weighted by Crippen LogP contribution is -2.13. The van der Waals surface area contributed by atoms with E-state index < -0.39 is 0 Å². The third kappa shape index (κ3) is 2.10. The summed E-state index contributed by atoms with van der Waals surface area (Å²) in [6.07, 6.45) is 2.42. The molecule has 4 nitrogen and oxygen atoms in total. The van der Waals surface area contributed by atoms with E-state index in [0.717, 1.165) is 22.6 Å². The minimum absolute atomic E-state index is 0.0493. The molecular formula is C14H14N4. The van der Waals surface area contributed by atoms with Crippen LogP contribution in [0.3, 0.4) is 0 Å². The van der Waals surface area contributed by atoms with E-state index in [-0.39, 0.29) is 6.04 Å².